The summed E-state index contributed by atoms with van der Waals surface area (Å²) < 4.78 is 6.51. The summed E-state index contributed by atoms with van der Waals surface area (Å²) >= 11 is 0. The van der Waals surface area contributed by atoms with Crippen molar-refractivity contribution in [1.82, 2.24) is 14.8 Å². The second kappa shape index (κ2) is 6.56. The van der Waals surface area contributed by atoms with E-state index in [4.69, 9.17) is 4.74 Å². The fourth-order valence-corrected chi connectivity index (χ4v) is 2.49. The second-order valence-corrected chi connectivity index (χ2v) is 5.37. The first-order chi connectivity index (χ1) is 12.0. The molecule has 0 bridgehead atoms. The van der Waals surface area contributed by atoms with Crippen LogP contribution in [-0.2, 0) is 11.3 Å². The van der Waals surface area contributed by atoms with E-state index in [9.17, 15) is 14.9 Å². The zero-order valence-electron chi connectivity index (χ0n) is 13.6. The van der Waals surface area contributed by atoms with Crippen LogP contribution in [-0.4, -0.2) is 32.7 Å². The Kier molecular flexibility index (Phi) is 4.29. The molecule has 0 atom stereocenters. The van der Waals surface area contributed by atoms with Crippen LogP contribution in [0.25, 0.3) is 10.9 Å². The maximum atomic E-state index is 12.3. The molecular weight excluding hydrogens is 326 g/mol. The number of hydrogen-bond acceptors (Lipinski definition) is 6. The Morgan fingerprint density at radius 3 is 2.88 bits per heavy atom. The molecule has 2 heterocycles. The topological polar surface area (TPSA) is 112 Å². The number of nitro groups is 1. The molecule has 2 aromatic heterocycles. The van der Waals surface area contributed by atoms with Gasteiger partial charge in [0, 0.05) is 11.6 Å². The monoisotopic (exact) mass is 341 g/mol. The van der Waals surface area contributed by atoms with Crippen molar-refractivity contribution in [2.45, 2.75) is 13.5 Å². The lowest BCUT2D eigenvalue weighted by atomic mass is 10.1. The van der Waals surface area contributed by atoms with Crippen LogP contribution in [0.3, 0.4) is 0 Å². The smallest absolute Gasteiger partial charge is 0.307 e. The molecular formula is C16H15N5O4. The van der Waals surface area contributed by atoms with E-state index >= 15 is 0 Å². The normalized spacial score (nSPS) is 10.6. The number of pyridine rings is 1. The van der Waals surface area contributed by atoms with Crippen molar-refractivity contribution in [2.24, 2.45) is 0 Å². The third kappa shape index (κ3) is 3.25. The Bertz CT molecular complexity index is 966. The van der Waals surface area contributed by atoms with Crippen molar-refractivity contribution in [3.8, 4) is 5.75 Å². The van der Waals surface area contributed by atoms with Crippen LogP contribution in [0.15, 0.2) is 36.8 Å². The zero-order valence-corrected chi connectivity index (χ0v) is 13.6. The summed E-state index contributed by atoms with van der Waals surface area (Å²) in [6.07, 6.45) is 3.96. The Morgan fingerprint density at radius 2 is 2.20 bits per heavy atom. The van der Waals surface area contributed by atoms with Crippen molar-refractivity contribution in [3.05, 3.63) is 52.5 Å². The Hall–Kier alpha value is -3.49. The number of amides is 1. The van der Waals surface area contributed by atoms with Gasteiger partial charge in [-0.1, -0.05) is 12.1 Å². The number of carbonyl (C=O) groups excluding carboxylic acids is 1. The number of carbonyl (C=O) groups is 1. The second-order valence-electron chi connectivity index (χ2n) is 5.37. The van der Waals surface area contributed by atoms with Crippen molar-refractivity contribution in [2.75, 3.05) is 12.4 Å². The van der Waals surface area contributed by atoms with Gasteiger partial charge in [-0.25, -0.2) is 0 Å². The summed E-state index contributed by atoms with van der Waals surface area (Å²) in [4.78, 5) is 26.8. The highest BCUT2D eigenvalue weighted by Gasteiger charge is 2.14. The largest absolute Gasteiger partial charge is 0.494 e. The molecule has 9 nitrogen and oxygen atoms in total. The van der Waals surface area contributed by atoms with Gasteiger partial charge in [0.15, 0.2) is 0 Å². The van der Waals surface area contributed by atoms with E-state index < -0.39 is 4.92 Å². The Morgan fingerprint density at radius 1 is 1.40 bits per heavy atom. The molecule has 3 rings (SSSR count). The van der Waals surface area contributed by atoms with E-state index in [0.29, 0.717) is 17.0 Å². The lowest BCUT2D eigenvalue weighted by molar-refractivity contribution is -0.385. The molecule has 0 radical (unpaired) electrons. The van der Waals surface area contributed by atoms with E-state index in [1.54, 1.807) is 19.4 Å². The number of anilines is 1. The first-order valence-electron chi connectivity index (χ1n) is 7.38. The van der Waals surface area contributed by atoms with Crippen molar-refractivity contribution < 1.29 is 14.5 Å². The average molecular weight is 341 g/mol. The number of hydrogen-bond donors (Lipinski definition) is 1. The molecule has 1 N–H and O–H groups in total. The molecule has 1 aromatic carbocycles. The number of benzene rings is 1. The van der Waals surface area contributed by atoms with Gasteiger partial charge >= 0.3 is 5.69 Å². The first-order valence-corrected chi connectivity index (χ1v) is 7.38. The van der Waals surface area contributed by atoms with E-state index in [1.807, 2.05) is 19.1 Å². The average Bonchev–Trinajstić information content (AvgIpc) is 3.05. The van der Waals surface area contributed by atoms with Gasteiger partial charge in [-0.05, 0) is 18.6 Å². The number of ether oxygens (including phenoxy) is 1. The first kappa shape index (κ1) is 16.4. The molecule has 9 heteroatoms. The maximum Gasteiger partial charge on any atom is 0.307 e. The molecule has 0 spiro atoms. The van der Waals surface area contributed by atoms with E-state index in [1.165, 1.54) is 10.9 Å². The number of rotatable bonds is 5. The number of nitrogens with zero attached hydrogens (tertiary/aromatic N) is 4. The minimum atomic E-state index is -0.561. The summed E-state index contributed by atoms with van der Waals surface area (Å²) in [5, 5.41) is 18.1. The van der Waals surface area contributed by atoms with E-state index in [-0.39, 0.29) is 18.1 Å². The molecule has 25 heavy (non-hydrogen) atoms. The number of fused-ring (bicyclic) bond motifs is 1. The summed E-state index contributed by atoms with van der Waals surface area (Å²) in [5.41, 5.74) is 1.89. The minimum absolute atomic E-state index is 0.138. The molecule has 0 saturated heterocycles. The van der Waals surface area contributed by atoms with Gasteiger partial charge < -0.3 is 10.1 Å². The highest BCUT2D eigenvalue weighted by Crippen LogP contribution is 2.31. The van der Waals surface area contributed by atoms with Crippen LogP contribution in [0, 0.1) is 17.0 Å². The van der Waals surface area contributed by atoms with Crippen LogP contribution >= 0.6 is 0 Å². The van der Waals surface area contributed by atoms with E-state index in [0.717, 1.165) is 17.1 Å². The van der Waals surface area contributed by atoms with Crippen LogP contribution in [0.4, 0.5) is 11.4 Å². The summed E-state index contributed by atoms with van der Waals surface area (Å²) in [5.74, 6) is 0.257. The molecule has 1 amide bonds. The standard InChI is InChI=1S/C16H15N5O4/c1-10-6-17-16-12(4-3-5-13(16)25-2)15(10)19-14(22)9-20-8-11(7-18-20)21(23)24/h3-8H,9H2,1-2H3,(H,17,19,22). The fourth-order valence-electron chi connectivity index (χ4n) is 2.49. The van der Waals surface area contributed by atoms with Gasteiger partial charge in [0.05, 0.1) is 17.7 Å². The quantitative estimate of drug-likeness (QED) is 0.563. The molecule has 128 valence electrons. The number of methoxy groups -OCH3 is 1. The van der Waals surface area contributed by atoms with Gasteiger partial charge in [0.1, 0.15) is 30.2 Å². The van der Waals surface area contributed by atoms with Crippen molar-refractivity contribution in [1.29, 1.82) is 0 Å². The molecule has 0 unspecified atom stereocenters. The maximum absolute atomic E-state index is 12.3. The predicted octanol–water partition coefficient (Wildman–Crippen LogP) is 2.30. The summed E-state index contributed by atoms with van der Waals surface area (Å²) in [7, 11) is 1.55. The van der Waals surface area contributed by atoms with Gasteiger partial charge in [-0.3, -0.25) is 24.6 Å². The van der Waals surface area contributed by atoms with Crippen LogP contribution in [0.2, 0.25) is 0 Å². The molecule has 3 aromatic rings. The van der Waals surface area contributed by atoms with Crippen LogP contribution in [0.1, 0.15) is 5.56 Å². The third-order valence-corrected chi connectivity index (χ3v) is 3.67. The minimum Gasteiger partial charge on any atom is -0.494 e. The molecule has 0 aliphatic heterocycles. The van der Waals surface area contributed by atoms with Gasteiger partial charge in [-0.15, -0.1) is 0 Å². The lowest BCUT2D eigenvalue weighted by Gasteiger charge is -2.13. The van der Waals surface area contributed by atoms with Crippen molar-refractivity contribution >= 4 is 28.2 Å². The molecule has 0 aliphatic rings. The molecule has 0 aliphatic carbocycles. The molecule has 0 fully saturated rings. The van der Waals surface area contributed by atoms with Gasteiger partial charge in [-0.2, -0.15) is 5.10 Å². The molecule has 0 saturated carbocycles. The Balaban J connectivity index is 1.87. The number of aromatic nitrogens is 3. The lowest BCUT2D eigenvalue weighted by Crippen LogP contribution is -2.19. The zero-order chi connectivity index (χ0) is 18.0. The summed E-state index contributed by atoms with van der Waals surface area (Å²) in [6.45, 7) is 1.70. The fraction of sp³-hybridized carbons (Fsp3) is 0.188. The number of para-hydroxylation sites is 1. The van der Waals surface area contributed by atoms with Gasteiger partial charge in [0.25, 0.3) is 0 Å². The van der Waals surface area contributed by atoms with E-state index in [2.05, 4.69) is 15.4 Å². The SMILES string of the molecule is COc1cccc2c(NC(=O)Cn3cc([N+](=O)[O-])cn3)c(C)cnc12. The van der Waals surface area contributed by atoms with Crippen LogP contribution < -0.4 is 10.1 Å². The summed E-state index contributed by atoms with van der Waals surface area (Å²) in [6, 6.07) is 5.44. The predicted molar refractivity (Wildman–Crippen MR) is 90.5 cm³/mol. The van der Waals surface area contributed by atoms with Crippen LogP contribution in [0.5, 0.6) is 5.75 Å². The van der Waals surface area contributed by atoms with Crippen molar-refractivity contribution in [3.63, 3.8) is 0 Å². The number of aryl methyl sites for hydroxylation is 1. The highest BCUT2D eigenvalue weighted by molar-refractivity contribution is 6.03. The third-order valence-electron chi connectivity index (χ3n) is 3.67. The highest BCUT2D eigenvalue weighted by atomic mass is 16.6. The Labute approximate surface area is 142 Å². The number of nitrogens with one attached hydrogen (secondary N) is 1. The van der Waals surface area contributed by atoms with Gasteiger partial charge in [0.2, 0.25) is 5.91 Å².